The monoisotopic (exact) mass is 642 g/mol. The Balaban J connectivity index is 1.31. The number of ether oxygens (including phenoxy) is 2. The fourth-order valence-corrected chi connectivity index (χ4v) is 6.96. The molecule has 2 aliphatic heterocycles. The first-order chi connectivity index (χ1) is 21.4. The molecular formula is C30H38N6O8S. The Morgan fingerprint density at radius 3 is 2.38 bits per heavy atom. The van der Waals surface area contributed by atoms with Crippen LogP contribution in [-0.2, 0) is 35.7 Å². The number of likely N-dealkylation sites (tertiary alicyclic amines) is 1. The molecule has 2 heterocycles. The van der Waals surface area contributed by atoms with Crippen LogP contribution in [0.25, 0.3) is 0 Å². The zero-order valence-corrected chi connectivity index (χ0v) is 26.1. The molecule has 14 nitrogen and oxygen atoms in total. The molecule has 0 aromatic heterocycles. The van der Waals surface area contributed by atoms with Crippen LogP contribution in [0.2, 0.25) is 0 Å². The van der Waals surface area contributed by atoms with E-state index in [9.17, 15) is 27.9 Å². The van der Waals surface area contributed by atoms with Crippen LogP contribution in [0.5, 0.6) is 0 Å². The first-order valence-electron chi connectivity index (χ1n) is 14.4. The van der Waals surface area contributed by atoms with Gasteiger partial charge in [-0.1, -0.05) is 48.0 Å². The van der Waals surface area contributed by atoms with Crippen molar-refractivity contribution in [3.63, 3.8) is 0 Å². The first-order valence-corrected chi connectivity index (χ1v) is 15.9. The number of carbonyl (C=O) groups is 3. The van der Waals surface area contributed by atoms with Gasteiger partial charge in [0.1, 0.15) is 19.3 Å². The molecule has 3 atom stereocenters. The molecule has 0 saturated carbocycles. The van der Waals surface area contributed by atoms with E-state index in [1.807, 2.05) is 37.3 Å². The quantitative estimate of drug-likeness (QED) is 0.235. The van der Waals surface area contributed by atoms with E-state index in [1.165, 1.54) is 4.90 Å². The maximum absolute atomic E-state index is 13.1. The van der Waals surface area contributed by atoms with Gasteiger partial charge in [0.25, 0.3) is 0 Å². The van der Waals surface area contributed by atoms with Crippen LogP contribution < -0.4 is 15.4 Å². The Morgan fingerprint density at radius 1 is 1.07 bits per heavy atom. The van der Waals surface area contributed by atoms with Gasteiger partial charge in [-0.2, -0.15) is 4.72 Å². The van der Waals surface area contributed by atoms with Crippen LogP contribution in [0.3, 0.4) is 0 Å². The lowest BCUT2D eigenvalue weighted by Crippen LogP contribution is -2.49. The lowest BCUT2D eigenvalue weighted by atomic mass is 10.1. The molecule has 4 rings (SSSR count). The smallest absolute Gasteiger partial charge is 0.410 e. The van der Waals surface area contributed by atoms with Crippen molar-refractivity contribution >= 4 is 40.4 Å². The van der Waals surface area contributed by atoms with Crippen molar-refractivity contribution in [2.24, 2.45) is 9.98 Å². The zero-order valence-electron chi connectivity index (χ0n) is 25.3. The number of nitrogens with zero attached hydrogens (tertiary/aromatic N) is 3. The molecule has 0 aliphatic carbocycles. The molecule has 1 fully saturated rings. The Bertz CT molecular complexity index is 1510. The summed E-state index contributed by atoms with van der Waals surface area (Å²) in [5.41, 5.74) is 2.67. The number of aryl methyl sites for hydroxylation is 3. The van der Waals surface area contributed by atoms with Gasteiger partial charge in [-0.05, 0) is 43.9 Å². The minimum Gasteiger partial charge on any atom is -0.480 e. The molecule has 0 radical (unpaired) electrons. The molecule has 15 heteroatoms. The average molecular weight is 643 g/mol. The minimum absolute atomic E-state index is 0.00215. The zero-order chi connectivity index (χ0) is 32.6. The second-order valence-corrected chi connectivity index (χ2v) is 12.6. The summed E-state index contributed by atoms with van der Waals surface area (Å²) in [6.45, 7) is 4.78. The van der Waals surface area contributed by atoms with Crippen LogP contribution in [-0.4, -0.2) is 99.5 Å². The van der Waals surface area contributed by atoms with Crippen LogP contribution in [0, 0.1) is 20.8 Å². The number of hydrogen-bond donors (Lipinski definition) is 4. The highest BCUT2D eigenvalue weighted by atomic mass is 32.2. The number of aliphatic imine (C=N–C) groups is 2. The number of aliphatic carboxylic acids is 1. The minimum atomic E-state index is -4.20. The highest BCUT2D eigenvalue weighted by Crippen LogP contribution is 2.23. The second kappa shape index (κ2) is 15.2. The maximum atomic E-state index is 13.1. The molecular weight excluding hydrogens is 604 g/mol. The highest BCUT2D eigenvalue weighted by Gasteiger charge is 2.37. The number of benzene rings is 2. The van der Waals surface area contributed by atoms with E-state index in [-0.39, 0.29) is 24.1 Å². The number of carboxylic acid groups (broad SMARTS) is 1. The van der Waals surface area contributed by atoms with Gasteiger partial charge < -0.3 is 24.8 Å². The second-order valence-electron chi connectivity index (χ2n) is 10.9. The molecule has 2 aliphatic rings. The Morgan fingerprint density at radius 2 is 1.73 bits per heavy atom. The van der Waals surface area contributed by atoms with Crippen molar-refractivity contribution in [1.82, 2.24) is 20.3 Å². The van der Waals surface area contributed by atoms with E-state index in [0.29, 0.717) is 24.1 Å². The summed E-state index contributed by atoms with van der Waals surface area (Å²) in [5.74, 6) is -2.09. The van der Waals surface area contributed by atoms with Crippen molar-refractivity contribution in [1.29, 1.82) is 0 Å². The van der Waals surface area contributed by atoms with Crippen molar-refractivity contribution < 1.29 is 37.4 Å². The molecule has 242 valence electrons. The molecule has 0 spiro atoms. The van der Waals surface area contributed by atoms with E-state index in [1.54, 1.807) is 38.4 Å². The largest absolute Gasteiger partial charge is 0.480 e. The third-order valence-corrected chi connectivity index (χ3v) is 9.07. The number of amides is 2. The van der Waals surface area contributed by atoms with Crippen molar-refractivity contribution in [3.05, 3.63) is 64.7 Å². The van der Waals surface area contributed by atoms with E-state index in [2.05, 4.69) is 25.3 Å². The van der Waals surface area contributed by atoms with Crippen LogP contribution in [0.1, 0.15) is 28.7 Å². The van der Waals surface area contributed by atoms with Crippen LogP contribution in [0.4, 0.5) is 4.79 Å². The maximum Gasteiger partial charge on any atom is 0.410 e. The summed E-state index contributed by atoms with van der Waals surface area (Å²) in [7, 11) is -4.20. The van der Waals surface area contributed by atoms with Crippen molar-refractivity contribution in [2.75, 3.05) is 26.2 Å². The summed E-state index contributed by atoms with van der Waals surface area (Å²) < 4.78 is 39.6. The lowest BCUT2D eigenvalue weighted by Gasteiger charge is -2.24. The molecule has 0 bridgehead atoms. The van der Waals surface area contributed by atoms with Gasteiger partial charge in [-0.25, -0.2) is 13.2 Å². The fraction of sp³-hybridized carbons (Fsp3) is 0.433. The third-order valence-electron chi connectivity index (χ3n) is 7.30. The van der Waals surface area contributed by atoms with Gasteiger partial charge in [0.05, 0.1) is 23.6 Å². The highest BCUT2D eigenvalue weighted by molar-refractivity contribution is 7.89. The summed E-state index contributed by atoms with van der Waals surface area (Å²) in [5, 5.41) is 15.2. The van der Waals surface area contributed by atoms with Crippen molar-refractivity contribution in [2.45, 2.75) is 63.2 Å². The Labute approximate surface area is 262 Å². The lowest BCUT2D eigenvalue weighted by molar-refractivity contribution is -0.139. The number of sulfonamides is 1. The number of rotatable bonds is 14. The summed E-state index contributed by atoms with van der Waals surface area (Å²) in [4.78, 5) is 47.3. The van der Waals surface area contributed by atoms with Gasteiger partial charge in [-0.3, -0.25) is 24.9 Å². The Kier molecular flexibility index (Phi) is 11.4. The molecule has 4 N–H and O–H groups in total. The van der Waals surface area contributed by atoms with E-state index < -0.39 is 59.6 Å². The van der Waals surface area contributed by atoms with Crippen LogP contribution in [0.15, 0.2) is 57.3 Å². The van der Waals surface area contributed by atoms with Crippen LogP contribution >= 0.6 is 0 Å². The standard InChI is InChI=1S/C30H38N6O8S/c1-19-11-20(2)27(21(3)12-19)45(41,42)35-25(28(38)39)15-33-26(37)18-43-24-13-23(14-34-29-31-9-10-32-29)36(16-24)30(40)44-17-22-7-5-4-6-8-22/h4-12,23-25,29,34-35H,13-18H2,1-3H3,(H,33,37)(H,38,39). The molecule has 1 saturated heterocycles. The summed E-state index contributed by atoms with van der Waals surface area (Å²) in [6, 6.07) is 10.7. The molecule has 2 amide bonds. The van der Waals surface area contributed by atoms with E-state index >= 15 is 0 Å². The SMILES string of the molecule is Cc1cc(C)c(S(=O)(=O)NC(CNC(=O)COC2CC(CNC3N=CC=N3)N(C(=O)OCc3ccccc3)C2)C(=O)O)c(C)c1. The van der Waals surface area contributed by atoms with Gasteiger partial charge >= 0.3 is 12.1 Å². The number of hydrogen-bond acceptors (Lipinski definition) is 10. The van der Waals surface area contributed by atoms with Gasteiger partial charge in [0.2, 0.25) is 15.9 Å². The topological polar surface area (TPSA) is 188 Å². The first kappa shape index (κ1) is 33.7. The van der Waals surface area contributed by atoms with Gasteiger partial charge in [-0.15, -0.1) is 0 Å². The average Bonchev–Trinajstić information content (AvgIpc) is 3.65. The summed E-state index contributed by atoms with van der Waals surface area (Å²) in [6.07, 6.45) is 2.06. The third kappa shape index (κ3) is 9.41. The molecule has 2 aromatic rings. The molecule has 2 aromatic carbocycles. The predicted octanol–water partition coefficient (Wildman–Crippen LogP) is 1.28. The van der Waals surface area contributed by atoms with Crippen molar-refractivity contribution in [3.8, 4) is 0 Å². The summed E-state index contributed by atoms with van der Waals surface area (Å²) >= 11 is 0. The molecule has 45 heavy (non-hydrogen) atoms. The van der Waals surface area contributed by atoms with Gasteiger partial charge in [0, 0.05) is 25.5 Å². The van der Waals surface area contributed by atoms with Gasteiger partial charge in [0.15, 0.2) is 6.29 Å². The predicted molar refractivity (Wildman–Crippen MR) is 166 cm³/mol. The fourth-order valence-electron chi connectivity index (χ4n) is 5.32. The number of carbonyl (C=O) groups excluding carboxylic acids is 2. The van der Waals surface area contributed by atoms with E-state index in [0.717, 1.165) is 11.1 Å². The van der Waals surface area contributed by atoms with E-state index in [4.69, 9.17) is 9.47 Å². The number of nitrogens with one attached hydrogen (secondary N) is 3. The number of carboxylic acids is 1. The normalized spacial score (nSPS) is 18.7. The molecule has 3 unspecified atom stereocenters. The Hall–Kier alpha value is -4.18.